The van der Waals surface area contributed by atoms with Crippen molar-refractivity contribution in [3.8, 4) is 0 Å². The predicted octanol–water partition coefficient (Wildman–Crippen LogP) is 5.98. The molecule has 1 heterocycles. The molecule has 1 aliphatic rings. The third-order valence-corrected chi connectivity index (χ3v) is 12.9. The SMILES string of the molecule is CC(C)(C)[Si](O[C@H]1CC[C@@](Cc2cccc(Br)n2)(C(=O)O)CC1)(c1ccccc1)c1ccccc1. The maximum Gasteiger partial charge on any atom is 0.310 e. The summed E-state index contributed by atoms with van der Waals surface area (Å²) in [6.45, 7) is 6.84. The molecule has 0 spiro atoms. The third-order valence-electron chi connectivity index (χ3n) is 7.40. The van der Waals surface area contributed by atoms with E-state index in [9.17, 15) is 9.90 Å². The van der Waals surface area contributed by atoms with E-state index in [0.29, 0.717) is 19.3 Å². The van der Waals surface area contributed by atoms with Crippen LogP contribution in [0, 0.1) is 5.41 Å². The minimum absolute atomic E-state index is 0.0178. The van der Waals surface area contributed by atoms with Gasteiger partial charge >= 0.3 is 5.97 Å². The summed E-state index contributed by atoms with van der Waals surface area (Å²) in [7, 11) is -2.66. The largest absolute Gasteiger partial charge is 0.481 e. The number of carboxylic acids is 1. The van der Waals surface area contributed by atoms with Gasteiger partial charge in [0.05, 0.1) is 5.41 Å². The lowest BCUT2D eigenvalue weighted by Gasteiger charge is -2.47. The number of pyridine rings is 1. The Morgan fingerprint density at radius 2 is 1.51 bits per heavy atom. The molecule has 6 heteroatoms. The van der Waals surface area contributed by atoms with Gasteiger partial charge in [0, 0.05) is 18.2 Å². The van der Waals surface area contributed by atoms with E-state index in [4.69, 9.17) is 4.43 Å². The third kappa shape index (κ3) is 5.30. The van der Waals surface area contributed by atoms with Crippen LogP contribution in [0.5, 0.6) is 0 Å². The smallest absolute Gasteiger partial charge is 0.310 e. The summed E-state index contributed by atoms with van der Waals surface area (Å²) in [6, 6.07) is 27.0. The second kappa shape index (κ2) is 10.4. The molecule has 35 heavy (non-hydrogen) atoms. The molecular weight excluding hydrogens is 518 g/mol. The van der Waals surface area contributed by atoms with E-state index in [1.165, 1.54) is 10.4 Å². The quantitative estimate of drug-likeness (QED) is 0.290. The van der Waals surface area contributed by atoms with Gasteiger partial charge in [0.15, 0.2) is 0 Å². The maximum absolute atomic E-state index is 12.5. The fourth-order valence-electron chi connectivity index (χ4n) is 5.56. The van der Waals surface area contributed by atoms with Crippen molar-refractivity contribution >= 4 is 40.6 Å². The van der Waals surface area contributed by atoms with Gasteiger partial charge in [0.2, 0.25) is 0 Å². The van der Waals surface area contributed by atoms with E-state index in [2.05, 4.69) is 90.2 Å². The first-order valence-corrected chi connectivity index (χ1v) is 15.0. The van der Waals surface area contributed by atoms with Crippen molar-refractivity contribution in [3.05, 3.63) is 89.2 Å². The Morgan fingerprint density at radius 3 is 1.97 bits per heavy atom. The van der Waals surface area contributed by atoms with Gasteiger partial charge in [-0.2, -0.15) is 0 Å². The molecule has 1 N–H and O–H groups in total. The first-order chi connectivity index (χ1) is 16.7. The number of rotatable bonds is 7. The minimum atomic E-state index is -2.66. The van der Waals surface area contributed by atoms with Crippen LogP contribution in [0.4, 0.5) is 0 Å². The number of hydrogen-bond acceptors (Lipinski definition) is 3. The van der Waals surface area contributed by atoms with Gasteiger partial charge < -0.3 is 9.53 Å². The second-order valence-electron chi connectivity index (χ2n) is 10.7. The van der Waals surface area contributed by atoms with Gasteiger partial charge in [-0.05, 0) is 69.2 Å². The standard InChI is InChI=1S/C29H34BrNO3Si/c1-28(2,3)35(24-12-6-4-7-13-24,25-14-8-5-9-15-25)34-23-17-19-29(20-18-23,27(32)33)21-22-11-10-16-26(30)31-22/h4-16,23H,17-21H2,1-3H3,(H,32,33)/t23-,29+. The topological polar surface area (TPSA) is 59.4 Å². The molecule has 2 aromatic carbocycles. The van der Waals surface area contributed by atoms with Crippen molar-refractivity contribution < 1.29 is 14.3 Å². The van der Waals surface area contributed by atoms with Gasteiger partial charge in [-0.1, -0.05) is 87.5 Å². The van der Waals surface area contributed by atoms with Gasteiger partial charge in [0.1, 0.15) is 4.60 Å². The molecule has 0 saturated heterocycles. The Balaban J connectivity index is 1.64. The Kier molecular flexibility index (Phi) is 7.64. The Labute approximate surface area is 218 Å². The molecule has 0 atom stereocenters. The molecular formula is C29H34BrNO3Si. The van der Waals surface area contributed by atoms with Crippen molar-refractivity contribution in [2.75, 3.05) is 0 Å². The molecule has 0 aliphatic heterocycles. The normalized spacial score (nSPS) is 21.0. The minimum Gasteiger partial charge on any atom is -0.481 e. The van der Waals surface area contributed by atoms with Crippen molar-refractivity contribution in [2.45, 2.75) is 64.0 Å². The van der Waals surface area contributed by atoms with Crippen LogP contribution in [0.3, 0.4) is 0 Å². The molecule has 0 bridgehead atoms. The van der Waals surface area contributed by atoms with Crippen molar-refractivity contribution in [1.82, 2.24) is 4.98 Å². The van der Waals surface area contributed by atoms with Crippen LogP contribution in [0.15, 0.2) is 83.5 Å². The summed E-state index contributed by atoms with van der Waals surface area (Å²) >= 11 is 3.41. The molecule has 1 aromatic heterocycles. The van der Waals surface area contributed by atoms with Crippen LogP contribution in [0.25, 0.3) is 0 Å². The zero-order chi connectivity index (χ0) is 25.1. The zero-order valence-corrected chi connectivity index (χ0v) is 23.3. The second-order valence-corrected chi connectivity index (χ2v) is 15.8. The maximum atomic E-state index is 12.5. The van der Waals surface area contributed by atoms with Crippen LogP contribution in [-0.4, -0.2) is 30.5 Å². The van der Waals surface area contributed by atoms with Gasteiger partial charge in [-0.3, -0.25) is 4.79 Å². The summed E-state index contributed by atoms with van der Waals surface area (Å²) in [4.78, 5) is 17.0. The van der Waals surface area contributed by atoms with Crippen molar-refractivity contribution in [1.29, 1.82) is 0 Å². The Hall–Kier alpha value is -2.28. The summed E-state index contributed by atoms with van der Waals surface area (Å²) in [5.74, 6) is -0.733. The summed E-state index contributed by atoms with van der Waals surface area (Å²) in [6.07, 6.45) is 3.08. The summed E-state index contributed by atoms with van der Waals surface area (Å²) in [5.41, 5.74) is 0.00663. The van der Waals surface area contributed by atoms with Crippen LogP contribution < -0.4 is 10.4 Å². The van der Waals surface area contributed by atoms with E-state index < -0.39 is 19.7 Å². The average Bonchev–Trinajstić information content (AvgIpc) is 2.84. The van der Waals surface area contributed by atoms with Crippen LogP contribution in [0.2, 0.25) is 5.04 Å². The average molecular weight is 553 g/mol. The lowest BCUT2D eigenvalue weighted by Crippen LogP contribution is -2.68. The molecule has 4 nitrogen and oxygen atoms in total. The highest BCUT2D eigenvalue weighted by Crippen LogP contribution is 2.44. The zero-order valence-electron chi connectivity index (χ0n) is 20.7. The van der Waals surface area contributed by atoms with Gasteiger partial charge in [0.25, 0.3) is 8.32 Å². The number of aliphatic carboxylic acids is 1. The number of carbonyl (C=O) groups is 1. The van der Waals surface area contributed by atoms with E-state index in [0.717, 1.165) is 23.1 Å². The van der Waals surface area contributed by atoms with Crippen LogP contribution in [0.1, 0.15) is 52.1 Å². The fourth-order valence-corrected chi connectivity index (χ4v) is 10.7. The number of hydrogen-bond donors (Lipinski definition) is 1. The first kappa shape index (κ1) is 25.8. The lowest BCUT2D eigenvalue weighted by molar-refractivity contribution is -0.152. The molecule has 184 valence electrons. The highest BCUT2D eigenvalue weighted by Gasteiger charge is 2.52. The van der Waals surface area contributed by atoms with Crippen LogP contribution in [-0.2, 0) is 15.6 Å². The van der Waals surface area contributed by atoms with Crippen molar-refractivity contribution in [3.63, 3.8) is 0 Å². The Bertz CT molecular complexity index is 1100. The Morgan fingerprint density at radius 1 is 0.971 bits per heavy atom. The highest BCUT2D eigenvalue weighted by molar-refractivity contribution is 9.10. The number of benzene rings is 2. The molecule has 0 radical (unpaired) electrons. The molecule has 1 aliphatic carbocycles. The van der Waals surface area contributed by atoms with E-state index in [1.54, 1.807) is 0 Å². The van der Waals surface area contributed by atoms with E-state index in [-0.39, 0.29) is 11.1 Å². The number of nitrogens with zero attached hydrogens (tertiary/aromatic N) is 1. The monoisotopic (exact) mass is 551 g/mol. The van der Waals surface area contributed by atoms with Crippen molar-refractivity contribution in [2.24, 2.45) is 5.41 Å². The number of carboxylic acid groups (broad SMARTS) is 1. The molecule has 0 unspecified atom stereocenters. The lowest BCUT2D eigenvalue weighted by atomic mass is 9.70. The van der Waals surface area contributed by atoms with E-state index in [1.807, 2.05) is 30.3 Å². The first-order valence-electron chi connectivity index (χ1n) is 12.3. The highest BCUT2D eigenvalue weighted by atomic mass is 79.9. The molecule has 0 amide bonds. The summed E-state index contributed by atoms with van der Waals surface area (Å²) < 4.78 is 8.02. The predicted molar refractivity (Wildman–Crippen MR) is 147 cm³/mol. The molecule has 1 fully saturated rings. The van der Waals surface area contributed by atoms with E-state index >= 15 is 0 Å². The molecule has 4 rings (SSSR count). The molecule has 3 aromatic rings. The van der Waals surface area contributed by atoms with Gasteiger partial charge in [-0.15, -0.1) is 0 Å². The summed E-state index contributed by atoms with van der Waals surface area (Å²) in [5, 5.41) is 12.7. The number of aromatic nitrogens is 1. The fraction of sp³-hybridized carbons (Fsp3) is 0.379. The van der Waals surface area contributed by atoms with Crippen LogP contribution >= 0.6 is 15.9 Å². The van der Waals surface area contributed by atoms with Gasteiger partial charge in [-0.25, -0.2) is 4.98 Å². The molecule has 1 saturated carbocycles. The number of halogens is 1.